The highest BCUT2D eigenvalue weighted by atomic mass is 16.5. The zero-order valence-corrected chi connectivity index (χ0v) is 18.8. The number of carbonyl (C=O) groups excluding carboxylic acids is 2. The molecule has 6 heteroatoms. The fourth-order valence-electron chi connectivity index (χ4n) is 4.88. The molecule has 0 spiro atoms. The molecule has 1 aliphatic heterocycles. The number of amides is 1. The van der Waals surface area contributed by atoms with Gasteiger partial charge in [-0.3, -0.25) is 9.59 Å². The molecule has 0 aromatic heterocycles. The molecule has 1 heterocycles. The topological polar surface area (TPSA) is 76.1 Å². The van der Waals surface area contributed by atoms with Crippen molar-refractivity contribution in [3.05, 3.63) is 64.7 Å². The van der Waals surface area contributed by atoms with E-state index in [1.807, 2.05) is 38.1 Å². The van der Waals surface area contributed by atoms with Crippen LogP contribution in [0.25, 0.3) is 5.76 Å². The Morgan fingerprint density at radius 2 is 1.81 bits per heavy atom. The molecule has 6 nitrogen and oxygen atoms in total. The van der Waals surface area contributed by atoms with Crippen LogP contribution in [0, 0.1) is 6.92 Å². The Hall–Kier alpha value is -3.28. The quantitative estimate of drug-likeness (QED) is 0.402. The van der Waals surface area contributed by atoms with E-state index in [0.29, 0.717) is 23.5 Å². The normalized spacial score (nSPS) is 20.7. The molecule has 4 rings (SSSR count). The molecule has 2 fully saturated rings. The summed E-state index contributed by atoms with van der Waals surface area (Å²) in [5.74, 6) is -0.0901. The number of aliphatic hydroxyl groups is 1. The minimum Gasteiger partial charge on any atom is -0.507 e. The standard InChI is InChI=1S/C26H29NO5/c1-4-32-20-14-13-17(15-16(20)2)24(28)22-23(19-11-7-8-12-21(19)31-3)27(26(30)25(22)29)18-9-5-6-10-18/h7-8,11-15,18,23,28H,4-6,9-10H2,1-3H3/b24-22+. The van der Waals surface area contributed by atoms with Gasteiger partial charge in [0.25, 0.3) is 11.7 Å². The highest BCUT2D eigenvalue weighted by Crippen LogP contribution is 2.46. The Morgan fingerprint density at radius 3 is 2.47 bits per heavy atom. The molecule has 2 aromatic carbocycles. The lowest BCUT2D eigenvalue weighted by molar-refractivity contribution is -0.141. The summed E-state index contributed by atoms with van der Waals surface area (Å²) in [6, 6.07) is 11.9. The number of Topliss-reactive ketones (excluding diaryl/α,β-unsaturated/α-hetero) is 1. The molecule has 1 aliphatic carbocycles. The second kappa shape index (κ2) is 9.07. The van der Waals surface area contributed by atoms with Crippen LogP contribution in [0.4, 0.5) is 0 Å². The first-order chi connectivity index (χ1) is 15.5. The van der Waals surface area contributed by atoms with Crippen molar-refractivity contribution in [1.82, 2.24) is 4.90 Å². The molecule has 32 heavy (non-hydrogen) atoms. The van der Waals surface area contributed by atoms with Crippen molar-refractivity contribution < 1.29 is 24.2 Å². The lowest BCUT2D eigenvalue weighted by Crippen LogP contribution is -2.37. The van der Waals surface area contributed by atoms with E-state index in [1.54, 1.807) is 30.2 Å². The van der Waals surface area contributed by atoms with Gasteiger partial charge in [-0.2, -0.15) is 0 Å². The van der Waals surface area contributed by atoms with E-state index in [2.05, 4.69) is 0 Å². The van der Waals surface area contributed by atoms with E-state index in [9.17, 15) is 14.7 Å². The highest BCUT2D eigenvalue weighted by molar-refractivity contribution is 6.46. The van der Waals surface area contributed by atoms with Gasteiger partial charge in [-0.1, -0.05) is 31.0 Å². The van der Waals surface area contributed by atoms with E-state index in [1.165, 1.54) is 0 Å². The molecule has 1 unspecified atom stereocenters. The lowest BCUT2D eigenvalue weighted by atomic mass is 9.93. The van der Waals surface area contributed by atoms with E-state index in [4.69, 9.17) is 9.47 Å². The molecule has 1 atom stereocenters. The first-order valence-electron chi connectivity index (χ1n) is 11.1. The van der Waals surface area contributed by atoms with Crippen molar-refractivity contribution in [2.24, 2.45) is 0 Å². The van der Waals surface area contributed by atoms with Crippen molar-refractivity contribution in [2.45, 2.75) is 51.6 Å². The Morgan fingerprint density at radius 1 is 1.09 bits per heavy atom. The maximum Gasteiger partial charge on any atom is 0.295 e. The number of carbonyl (C=O) groups is 2. The second-order valence-corrected chi connectivity index (χ2v) is 8.30. The number of benzene rings is 2. The van der Waals surface area contributed by atoms with Crippen LogP contribution in [0.5, 0.6) is 11.5 Å². The van der Waals surface area contributed by atoms with E-state index < -0.39 is 17.7 Å². The fraction of sp³-hybridized carbons (Fsp3) is 0.385. The second-order valence-electron chi connectivity index (χ2n) is 8.30. The first kappa shape index (κ1) is 21.9. The summed E-state index contributed by atoms with van der Waals surface area (Å²) in [5.41, 5.74) is 2.13. The predicted molar refractivity (Wildman–Crippen MR) is 122 cm³/mol. The van der Waals surface area contributed by atoms with Crippen LogP contribution in [0.1, 0.15) is 55.3 Å². The smallest absolute Gasteiger partial charge is 0.295 e. The molecule has 168 valence electrons. The van der Waals surface area contributed by atoms with Gasteiger partial charge < -0.3 is 19.5 Å². The average molecular weight is 436 g/mol. The number of aliphatic hydroxyl groups excluding tert-OH is 1. The minimum atomic E-state index is -0.693. The summed E-state index contributed by atoms with van der Waals surface area (Å²) in [6.45, 7) is 4.33. The molecule has 1 N–H and O–H groups in total. The number of ketones is 1. The first-order valence-corrected chi connectivity index (χ1v) is 11.1. The van der Waals surface area contributed by atoms with Crippen molar-refractivity contribution in [3.63, 3.8) is 0 Å². The van der Waals surface area contributed by atoms with Crippen LogP contribution in [0.3, 0.4) is 0 Å². The number of para-hydroxylation sites is 1. The molecule has 2 aromatic rings. The van der Waals surface area contributed by atoms with Crippen molar-refractivity contribution in [3.8, 4) is 11.5 Å². The van der Waals surface area contributed by atoms with Crippen molar-refractivity contribution in [1.29, 1.82) is 0 Å². The third-order valence-electron chi connectivity index (χ3n) is 6.38. The maximum atomic E-state index is 13.3. The van der Waals surface area contributed by atoms with Gasteiger partial charge in [0.1, 0.15) is 17.3 Å². The van der Waals surface area contributed by atoms with Crippen LogP contribution in [0.15, 0.2) is 48.0 Å². The number of methoxy groups -OCH3 is 1. The van der Waals surface area contributed by atoms with E-state index in [-0.39, 0.29) is 17.4 Å². The number of hydrogen-bond acceptors (Lipinski definition) is 5. The molecule has 2 aliphatic rings. The number of nitrogens with zero attached hydrogens (tertiary/aromatic N) is 1. The number of rotatable bonds is 6. The predicted octanol–water partition coefficient (Wildman–Crippen LogP) is 4.77. The number of likely N-dealkylation sites (tertiary alicyclic amines) is 1. The van der Waals surface area contributed by atoms with Crippen LogP contribution >= 0.6 is 0 Å². The number of aryl methyl sites for hydroxylation is 1. The van der Waals surface area contributed by atoms with Gasteiger partial charge in [0, 0.05) is 17.2 Å². The Labute approximate surface area is 188 Å². The monoisotopic (exact) mass is 435 g/mol. The Bertz CT molecular complexity index is 1070. The fourth-order valence-corrected chi connectivity index (χ4v) is 4.88. The number of hydrogen-bond donors (Lipinski definition) is 1. The van der Waals surface area contributed by atoms with Crippen LogP contribution in [0.2, 0.25) is 0 Å². The van der Waals surface area contributed by atoms with Crippen molar-refractivity contribution >= 4 is 17.4 Å². The van der Waals surface area contributed by atoms with Gasteiger partial charge in [-0.15, -0.1) is 0 Å². The average Bonchev–Trinajstić information content (AvgIpc) is 3.41. The van der Waals surface area contributed by atoms with Gasteiger partial charge >= 0.3 is 0 Å². The van der Waals surface area contributed by atoms with E-state index >= 15 is 0 Å². The van der Waals surface area contributed by atoms with Crippen LogP contribution in [-0.2, 0) is 9.59 Å². The van der Waals surface area contributed by atoms with Gasteiger partial charge in [0.05, 0.1) is 25.3 Å². The SMILES string of the molecule is CCOc1ccc(/C(O)=C2\C(=O)C(=O)N(C3CCCC3)C2c2ccccc2OC)cc1C. The molecular formula is C26H29NO5. The molecule has 1 saturated carbocycles. The zero-order valence-electron chi connectivity index (χ0n) is 18.8. The van der Waals surface area contributed by atoms with E-state index in [0.717, 1.165) is 37.0 Å². The van der Waals surface area contributed by atoms with Crippen LogP contribution < -0.4 is 9.47 Å². The largest absolute Gasteiger partial charge is 0.507 e. The summed E-state index contributed by atoms with van der Waals surface area (Å²) in [7, 11) is 1.57. The summed E-state index contributed by atoms with van der Waals surface area (Å²) in [4.78, 5) is 28.1. The maximum absolute atomic E-state index is 13.3. The number of ether oxygens (including phenoxy) is 2. The summed E-state index contributed by atoms with van der Waals surface area (Å²) < 4.78 is 11.2. The molecule has 0 radical (unpaired) electrons. The third kappa shape index (κ3) is 3.74. The summed E-state index contributed by atoms with van der Waals surface area (Å²) >= 11 is 0. The highest BCUT2D eigenvalue weighted by Gasteiger charge is 2.50. The molecule has 1 saturated heterocycles. The van der Waals surface area contributed by atoms with Gasteiger partial charge in [0.2, 0.25) is 0 Å². The Kier molecular flexibility index (Phi) is 6.21. The molecule has 0 bridgehead atoms. The van der Waals surface area contributed by atoms with Gasteiger partial charge in [-0.25, -0.2) is 0 Å². The minimum absolute atomic E-state index is 0.0336. The van der Waals surface area contributed by atoms with Gasteiger partial charge in [-0.05, 0) is 56.5 Å². The Balaban J connectivity index is 1.89. The molecular weight excluding hydrogens is 406 g/mol. The van der Waals surface area contributed by atoms with Crippen LogP contribution in [-0.4, -0.2) is 41.5 Å². The zero-order chi connectivity index (χ0) is 22.8. The van der Waals surface area contributed by atoms with Crippen molar-refractivity contribution in [2.75, 3.05) is 13.7 Å². The van der Waals surface area contributed by atoms with Gasteiger partial charge in [0.15, 0.2) is 0 Å². The third-order valence-corrected chi connectivity index (χ3v) is 6.38. The lowest BCUT2D eigenvalue weighted by Gasteiger charge is -2.31. The summed E-state index contributed by atoms with van der Waals surface area (Å²) in [5, 5.41) is 11.3. The molecule has 1 amide bonds. The summed E-state index contributed by atoms with van der Waals surface area (Å²) in [6.07, 6.45) is 3.73.